The summed E-state index contributed by atoms with van der Waals surface area (Å²) in [7, 11) is 4.00. The minimum Gasteiger partial charge on any atom is -0.352 e. The van der Waals surface area contributed by atoms with Gasteiger partial charge in [-0.3, -0.25) is 19.7 Å². The number of likely N-dealkylation sites (N-methyl/N-ethyl adjacent to an activating group) is 1. The van der Waals surface area contributed by atoms with E-state index in [4.69, 9.17) is 0 Å². The number of hydrogen-bond acceptors (Lipinski definition) is 6. The number of benzene rings is 1. The summed E-state index contributed by atoms with van der Waals surface area (Å²) in [6, 6.07) is 6.08. The van der Waals surface area contributed by atoms with Crippen LogP contribution in [0.4, 0.5) is 17.1 Å². The van der Waals surface area contributed by atoms with Crippen molar-refractivity contribution in [3.63, 3.8) is 0 Å². The first-order valence-electron chi connectivity index (χ1n) is 8.41. The molecule has 0 unspecified atom stereocenters. The average Bonchev–Trinajstić information content (AvgIpc) is 2.61. The normalized spacial score (nSPS) is 20.8. The third-order valence-electron chi connectivity index (χ3n) is 5.06. The molecule has 0 saturated heterocycles. The molecule has 3 rings (SSSR count). The van der Waals surface area contributed by atoms with Crippen LogP contribution in [0.15, 0.2) is 33.9 Å². The Morgan fingerprint density at radius 3 is 2.32 bits per heavy atom. The summed E-state index contributed by atoms with van der Waals surface area (Å²) < 4.78 is 0. The van der Waals surface area contributed by atoms with Gasteiger partial charge in [0.15, 0.2) is 0 Å². The van der Waals surface area contributed by atoms with Gasteiger partial charge in [0.05, 0.1) is 10.6 Å². The van der Waals surface area contributed by atoms with Gasteiger partial charge in [0.25, 0.3) is 5.69 Å². The van der Waals surface area contributed by atoms with Crippen molar-refractivity contribution in [2.24, 2.45) is 0 Å². The summed E-state index contributed by atoms with van der Waals surface area (Å²) in [6.45, 7) is 0. The molecule has 1 aliphatic carbocycles. The van der Waals surface area contributed by atoms with Gasteiger partial charge in [-0.15, -0.1) is 0 Å². The van der Waals surface area contributed by atoms with Crippen LogP contribution >= 0.6 is 0 Å². The van der Waals surface area contributed by atoms with Crippen LogP contribution in [-0.2, 0) is 0 Å². The molecule has 1 N–H and O–H groups in total. The summed E-state index contributed by atoms with van der Waals surface area (Å²) in [5.41, 5.74) is 0.575. The Labute approximate surface area is 145 Å². The maximum atomic E-state index is 12.2. The fraction of sp³-hybridized carbons (Fsp3) is 0.444. The molecule has 7 heteroatoms. The lowest BCUT2D eigenvalue weighted by Gasteiger charge is -2.37. The van der Waals surface area contributed by atoms with Crippen LogP contribution in [0, 0.1) is 10.1 Å². The van der Waals surface area contributed by atoms with Gasteiger partial charge in [-0.2, -0.15) is 0 Å². The Morgan fingerprint density at radius 2 is 1.72 bits per heavy atom. The number of nitrogens with zero attached hydrogens (tertiary/aromatic N) is 2. The van der Waals surface area contributed by atoms with Crippen molar-refractivity contribution in [1.29, 1.82) is 0 Å². The molecule has 0 heterocycles. The van der Waals surface area contributed by atoms with Gasteiger partial charge in [-0.05, 0) is 39.1 Å². The highest BCUT2D eigenvalue weighted by Crippen LogP contribution is 2.37. The lowest BCUT2D eigenvalue weighted by molar-refractivity contribution is -0.384. The van der Waals surface area contributed by atoms with Crippen molar-refractivity contribution >= 4 is 17.1 Å². The Kier molecular flexibility index (Phi) is 4.67. The van der Waals surface area contributed by atoms with Gasteiger partial charge >= 0.3 is 0 Å². The maximum Gasteiger partial charge on any atom is 0.269 e. The molecule has 0 bridgehead atoms. The number of nitro groups is 1. The Bertz CT molecular complexity index is 850. The molecular weight excluding hydrogens is 322 g/mol. The number of hydrogen-bond donors (Lipinski definition) is 1. The van der Waals surface area contributed by atoms with Crippen LogP contribution < -0.4 is 16.2 Å². The molecule has 25 heavy (non-hydrogen) atoms. The summed E-state index contributed by atoms with van der Waals surface area (Å²) in [4.78, 5) is 36.7. The molecule has 2 atom stereocenters. The fourth-order valence-electron chi connectivity index (χ4n) is 3.76. The van der Waals surface area contributed by atoms with E-state index in [2.05, 4.69) is 10.2 Å². The minimum absolute atomic E-state index is 0.0179. The van der Waals surface area contributed by atoms with E-state index in [9.17, 15) is 19.7 Å². The molecule has 0 spiro atoms. The molecule has 0 radical (unpaired) electrons. The zero-order valence-corrected chi connectivity index (χ0v) is 14.3. The zero-order chi connectivity index (χ0) is 18.1. The molecule has 1 fully saturated rings. The maximum absolute atomic E-state index is 12.2. The lowest BCUT2D eigenvalue weighted by Crippen LogP contribution is -2.45. The smallest absolute Gasteiger partial charge is 0.269 e. The van der Waals surface area contributed by atoms with Gasteiger partial charge in [-0.25, -0.2) is 0 Å². The van der Waals surface area contributed by atoms with Crippen LogP contribution in [0.1, 0.15) is 37.2 Å². The van der Waals surface area contributed by atoms with Gasteiger partial charge in [0.2, 0.25) is 10.9 Å². The van der Waals surface area contributed by atoms with Crippen molar-refractivity contribution in [2.75, 3.05) is 19.4 Å². The molecule has 1 aliphatic rings. The minimum atomic E-state index is -0.503. The van der Waals surface area contributed by atoms with E-state index in [0.717, 1.165) is 25.7 Å². The highest BCUT2D eigenvalue weighted by Gasteiger charge is 2.35. The predicted octanol–water partition coefficient (Wildman–Crippen LogP) is 2.52. The number of nitro benzene ring substituents is 1. The summed E-state index contributed by atoms with van der Waals surface area (Å²) in [5.74, 6) is 0.0505. The SMILES string of the molecule is CN(C)[C@@H]1CCCC[C@H]1c1c(Nc2ccc([N+](=O)[O-])cc2)c(=O)c1=O. The van der Waals surface area contributed by atoms with Crippen molar-refractivity contribution in [3.8, 4) is 0 Å². The quantitative estimate of drug-likeness (QED) is 0.509. The van der Waals surface area contributed by atoms with Crippen molar-refractivity contribution < 1.29 is 4.92 Å². The number of rotatable bonds is 5. The molecule has 132 valence electrons. The van der Waals surface area contributed by atoms with E-state index in [1.165, 1.54) is 12.1 Å². The predicted molar refractivity (Wildman–Crippen MR) is 96.4 cm³/mol. The van der Waals surface area contributed by atoms with Crippen molar-refractivity contribution in [3.05, 3.63) is 60.4 Å². The van der Waals surface area contributed by atoms with Gasteiger partial charge in [-0.1, -0.05) is 12.8 Å². The Hall–Kier alpha value is -2.54. The van der Waals surface area contributed by atoms with Gasteiger partial charge in [0, 0.05) is 35.3 Å². The van der Waals surface area contributed by atoms with E-state index in [0.29, 0.717) is 16.9 Å². The second-order valence-corrected chi connectivity index (χ2v) is 6.80. The van der Waals surface area contributed by atoms with Crippen LogP contribution in [-0.4, -0.2) is 30.0 Å². The van der Waals surface area contributed by atoms with Crippen LogP contribution in [0.3, 0.4) is 0 Å². The van der Waals surface area contributed by atoms with Crippen molar-refractivity contribution in [1.82, 2.24) is 4.90 Å². The average molecular weight is 343 g/mol. The van der Waals surface area contributed by atoms with Gasteiger partial charge in [0.1, 0.15) is 0 Å². The summed E-state index contributed by atoms with van der Waals surface area (Å²) in [5, 5.41) is 13.7. The van der Waals surface area contributed by atoms with Crippen LogP contribution in [0.25, 0.3) is 0 Å². The first-order valence-corrected chi connectivity index (χ1v) is 8.41. The van der Waals surface area contributed by atoms with Crippen molar-refractivity contribution in [2.45, 2.75) is 37.6 Å². The molecule has 2 aromatic carbocycles. The highest BCUT2D eigenvalue weighted by molar-refractivity contribution is 5.68. The third-order valence-corrected chi connectivity index (χ3v) is 5.06. The molecular formula is C18H21N3O4. The summed E-state index contributed by atoms with van der Waals surface area (Å²) in [6.07, 6.45) is 4.07. The zero-order valence-electron chi connectivity index (χ0n) is 14.3. The largest absolute Gasteiger partial charge is 0.352 e. The lowest BCUT2D eigenvalue weighted by atomic mass is 9.77. The molecule has 1 saturated carbocycles. The monoisotopic (exact) mass is 343 g/mol. The highest BCUT2D eigenvalue weighted by atomic mass is 16.6. The molecule has 2 aromatic rings. The molecule has 0 aromatic heterocycles. The topological polar surface area (TPSA) is 92.5 Å². The van der Waals surface area contributed by atoms with Gasteiger partial charge < -0.3 is 10.2 Å². The number of non-ortho nitro benzene ring substituents is 1. The molecule has 7 nitrogen and oxygen atoms in total. The van der Waals surface area contributed by atoms with Crippen LogP contribution in [0.2, 0.25) is 0 Å². The first kappa shape index (κ1) is 17.3. The second-order valence-electron chi connectivity index (χ2n) is 6.80. The molecule has 0 amide bonds. The van der Waals surface area contributed by atoms with E-state index < -0.39 is 15.8 Å². The standard InChI is InChI=1S/C18H21N3O4/c1-20(2)14-6-4-3-5-13(14)15-16(18(23)17(15)22)19-11-7-9-12(10-8-11)21(24)25/h7-10,13-14,19H,3-6H2,1-2H3/t13-,14-/m1/s1. The number of anilines is 2. The number of nitrogens with one attached hydrogen (secondary N) is 1. The second kappa shape index (κ2) is 6.76. The third kappa shape index (κ3) is 3.19. The van der Waals surface area contributed by atoms with E-state index >= 15 is 0 Å². The van der Waals surface area contributed by atoms with E-state index in [1.807, 2.05) is 14.1 Å². The fourth-order valence-corrected chi connectivity index (χ4v) is 3.76. The molecule has 0 aliphatic heterocycles. The van der Waals surface area contributed by atoms with E-state index in [1.54, 1.807) is 12.1 Å². The Morgan fingerprint density at radius 1 is 1.08 bits per heavy atom. The summed E-state index contributed by atoms with van der Waals surface area (Å²) >= 11 is 0. The van der Waals surface area contributed by atoms with E-state index in [-0.39, 0.29) is 17.6 Å². The first-order chi connectivity index (χ1) is 11.9. The van der Waals surface area contributed by atoms with Crippen LogP contribution in [0.5, 0.6) is 0 Å². The Balaban J connectivity index is 1.88.